The highest BCUT2D eigenvalue weighted by molar-refractivity contribution is 5.69. The molecule has 0 aliphatic heterocycles. The van der Waals surface area contributed by atoms with E-state index in [1.165, 1.54) is 12.4 Å². The molecule has 1 unspecified atom stereocenters. The van der Waals surface area contributed by atoms with Crippen LogP contribution in [0.5, 0.6) is 0 Å². The zero-order valence-corrected chi connectivity index (χ0v) is 8.10. The standard InChI is InChI=1S/C9H12N2O3/c1-6(9(12)13)3-8-5-11(14)4-7(2)10-8/h4-6H,3H2,1-2H3,(H,12,13). The predicted octanol–water partition coefficient (Wildman–Crippen LogP) is 0.287. The number of rotatable bonds is 3. The highest BCUT2D eigenvalue weighted by Crippen LogP contribution is 2.04. The second kappa shape index (κ2) is 4.04. The second-order valence-electron chi connectivity index (χ2n) is 3.31. The van der Waals surface area contributed by atoms with Gasteiger partial charge in [-0.25, -0.2) is 4.98 Å². The zero-order chi connectivity index (χ0) is 10.7. The first-order chi connectivity index (χ1) is 6.49. The van der Waals surface area contributed by atoms with Gasteiger partial charge in [0.05, 0.1) is 5.92 Å². The van der Waals surface area contributed by atoms with Gasteiger partial charge >= 0.3 is 5.97 Å². The molecular weight excluding hydrogens is 184 g/mol. The Bertz CT molecular complexity index is 332. The monoisotopic (exact) mass is 196 g/mol. The molecule has 0 aliphatic rings. The van der Waals surface area contributed by atoms with Crippen LogP contribution in [-0.4, -0.2) is 16.1 Å². The SMILES string of the molecule is Cc1c[n+]([O-])cc(CC(C)C(=O)O)n1. The number of carbonyl (C=O) groups is 1. The summed E-state index contributed by atoms with van der Waals surface area (Å²) in [6.07, 6.45) is 2.92. The van der Waals surface area contributed by atoms with Crippen LogP contribution in [0.1, 0.15) is 18.3 Å². The van der Waals surface area contributed by atoms with Crippen LogP contribution in [0.25, 0.3) is 0 Å². The highest BCUT2D eigenvalue weighted by atomic mass is 16.5. The van der Waals surface area contributed by atoms with E-state index in [9.17, 15) is 10.0 Å². The van der Waals surface area contributed by atoms with E-state index in [1.807, 2.05) is 0 Å². The molecule has 1 heterocycles. The van der Waals surface area contributed by atoms with E-state index in [4.69, 9.17) is 5.11 Å². The number of aryl methyl sites for hydroxylation is 1. The van der Waals surface area contributed by atoms with Crippen molar-refractivity contribution >= 4 is 5.97 Å². The molecule has 5 nitrogen and oxygen atoms in total. The fourth-order valence-electron chi connectivity index (χ4n) is 1.15. The Morgan fingerprint density at radius 2 is 2.36 bits per heavy atom. The number of aromatic nitrogens is 2. The summed E-state index contributed by atoms with van der Waals surface area (Å²) >= 11 is 0. The van der Waals surface area contributed by atoms with E-state index < -0.39 is 11.9 Å². The molecule has 0 saturated heterocycles. The first kappa shape index (κ1) is 10.4. The minimum atomic E-state index is -0.884. The average Bonchev–Trinajstić information content (AvgIpc) is 2.01. The van der Waals surface area contributed by atoms with Crippen molar-refractivity contribution in [3.05, 3.63) is 29.0 Å². The summed E-state index contributed by atoms with van der Waals surface area (Å²) in [7, 11) is 0. The molecule has 5 heteroatoms. The van der Waals surface area contributed by atoms with E-state index in [0.717, 1.165) is 0 Å². The minimum absolute atomic E-state index is 0.277. The smallest absolute Gasteiger partial charge is 0.306 e. The fraction of sp³-hybridized carbons (Fsp3) is 0.444. The largest absolute Gasteiger partial charge is 0.619 e. The number of hydrogen-bond donors (Lipinski definition) is 1. The summed E-state index contributed by atoms with van der Waals surface area (Å²) < 4.78 is 0.645. The van der Waals surface area contributed by atoms with Gasteiger partial charge in [0.15, 0.2) is 0 Å². The molecule has 0 bridgehead atoms. The van der Waals surface area contributed by atoms with Crippen LogP contribution in [0.2, 0.25) is 0 Å². The van der Waals surface area contributed by atoms with E-state index in [-0.39, 0.29) is 6.42 Å². The van der Waals surface area contributed by atoms with Gasteiger partial charge < -0.3 is 10.3 Å². The Balaban J connectivity index is 2.81. The summed E-state index contributed by atoms with van der Waals surface area (Å²) in [5.74, 6) is -1.41. The van der Waals surface area contributed by atoms with E-state index in [0.29, 0.717) is 16.1 Å². The highest BCUT2D eigenvalue weighted by Gasteiger charge is 2.14. The van der Waals surface area contributed by atoms with Gasteiger partial charge in [0.25, 0.3) is 0 Å². The van der Waals surface area contributed by atoms with Gasteiger partial charge in [-0.3, -0.25) is 4.79 Å². The molecule has 0 fully saturated rings. The van der Waals surface area contributed by atoms with Gasteiger partial charge in [-0.15, -0.1) is 0 Å². The van der Waals surface area contributed by atoms with Crippen molar-refractivity contribution in [1.82, 2.24) is 4.98 Å². The van der Waals surface area contributed by atoms with Crippen molar-refractivity contribution in [3.63, 3.8) is 0 Å². The topological polar surface area (TPSA) is 77.1 Å². The lowest BCUT2D eigenvalue weighted by molar-refractivity contribution is -0.606. The quantitative estimate of drug-likeness (QED) is 0.556. The summed E-state index contributed by atoms with van der Waals surface area (Å²) in [6, 6.07) is 0. The molecule has 1 aromatic rings. The van der Waals surface area contributed by atoms with Crippen LogP contribution in [-0.2, 0) is 11.2 Å². The Labute approximate surface area is 81.6 Å². The molecule has 1 rings (SSSR count). The third-order valence-corrected chi connectivity index (χ3v) is 1.85. The van der Waals surface area contributed by atoms with Crippen molar-refractivity contribution in [2.75, 3.05) is 0 Å². The lowest BCUT2D eigenvalue weighted by Gasteiger charge is -2.05. The summed E-state index contributed by atoms with van der Waals surface area (Å²) in [5.41, 5.74) is 1.10. The number of hydrogen-bond acceptors (Lipinski definition) is 3. The molecule has 0 aromatic carbocycles. The van der Waals surface area contributed by atoms with Gasteiger partial charge in [0, 0.05) is 6.42 Å². The van der Waals surface area contributed by atoms with Crippen molar-refractivity contribution in [3.8, 4) is 0 Å². The molecule has 1 aromatic heterocycles. The van der Waals surface area contributed by atoms with Gasteiger partial charge in [0.2, 0.25) is 12.4 Å². The molecule has 1 atom stereocenters. The molecular formula is C9H12N2O3. The Morgan fingerprint density at radius 1 is 1.71 bits per heavy atom. The maximum atomic E-state index is 11.0. The summed E-state index contributed by atoms with van der Waals surface area (Å²) in [4.78, 5) is 14.6. The van der Waals surface area contributed by atoms with Crippen molar-refractivity contribution in [2.24, 2.45) is 5.92 Å². The summed E-state index contributed by atoms with van der Waals surface area (Å²) in [5, 5.41) is 19.7. The second-order valence-corrected chi connectivity index (χ2v) is 3.31. The zero-order valence-electron chi connectivity index (χ0n) is 8.10. The lowest BCUT2D eigenvalue weighted by atomic mass is 10.1. The van der Waals surface area contributed by atoms with Crippen LogP contribution in [0, 0.1) is 18.0 Å². The molecule has 0 amide bonds. The number of nitrogens with zero attached hydrogens (tertiary/aromatic N) is 2. The fourth-order valence-corrected chi connectivity index (χ4v) is 1.15. The van der Waals surface area contributed by atoms with Gasteiger partial charge in [-0.2, -0.15) is 4.73 Å². The van der Waals surface area contributed by atoms with Gasteiger partial charge in [-0.05, 0) is 6.92 Å². The van der Waals surface area contributed by atoms with Crippen molar-refractivity contribution in [2.45, 2.75) is 20.3 Å². The maximum absolute atomic E-state index is 11.0. The minimum Gasteiger partial charge on any atom is -0.619 e. The van der Waals surface area contributed by atoms with Crippen LogP contribution in [0.4, 0.5) is 0 Å². The number of carboxylic acids is 1. The van der Waals surface area contributed by atoms with Crippen LogP contribution >= 0.6 is 0 Å². The molecule has 0 spiro atoms. The Kier molecular flexibility index (Phi) is 3.01. The van der Waals surface area contributed by atoms with Crippen molar-refractivity contribution < 1.29 is 14.6 Å². The van der Waals surface area contributed by atoms with Crippen LogP contribution in [0.15, 0.2) is 12.4 Å². The molecule has 0 radical (unpaired) electrons. The van der Waals surface area contributed by atoms with E-state index in [1.54, 1.807) is 13.8 Å². The lowest BCUT2D eigenvalue weighted by Crippen LogP contribution is -2.28. The van der Waals surface area contributed by atoms with Crippen molar-refractivity contribution in [1.29, 1.82) is 0 Å². The molecule has 76 valence electrons. The third kappa shape index (κ3) is 2.69. The average molecular weight is 196 g/mol. The third-order valence-electron chi connectivity index (χ3n) is 1.85. The van der Waals surface area contributed by atoms with Crippen LogP contribution < -0.4 is 4.73 Å². The van der Waals surface area contributed by atoms with Gasteiger partial charge in [-0.1, -0.05) is 6.92 Å². The molecule has 0 saturated carbocycles. The van der Waals surface area contributed by atoms with Crippen LogP contribution in [0.3, 0.4) is 0 Å². The number of aliphatic carboxylic acids is 1. The molecule has 14 heavy (non-hydrogen) atoms. The first-order valence-corrected chi connectivity index (χ1v) is 4.28. The number of carboxylic acid groups (broad SMARTS) is 1. The normalized spacial score (nSPS) is 12.4. The van der Waals surface area contributed by atoms with E-state index >= 15 is 0 Å². The molecule has 1 N–H and O–H groups in total. The van der Waals surface area contributed by atoms with Gasteiger partial charge in [0.1, 0.15) is 11.4 Å². The maximum Gasteiger partial charge on any atom is 0.306 e. The summed E-state index contributed by atoms with van der Waals surface area (Å²) in [6.45, 7) is 3.28. The van der Waals surface area contributed by atoms with E-state index in [2.05, 4.69) is 4.98 Å². The predicted molar refractivity (Wildman–Crippen MR) is 48.4 cm³/mol. The Hall–Kier alpha value is -1.65. The Morgan fingerprint density at radius 3 is 2.86 bits per heavy atom. The first-order valence-electron chi connectivity index (χ1n) is 4.28. The molecule has 0 aliphatic carbocycles.